The van der Waals surface area contributed by atoms with Crippen molar-refractivity contribution in [2.75, 3.05) is 5.88 Å². The van der Waals surface area contributed by atoms with Gasteiger partial charge in [0, 0.05) is 24.5 Å². The van der Waals surface area contributed by atoms with Crippen molar-refractivity contribution in [1.29, 1.82) is 0 Å². The molecule has 0 aliphatic carbocycles. The second-order valence-electron chi connectivity index (χ2n) is 1.92. The van der Waals surface area contributed by atoms with Gasteiger partial charge in [-0.3, -0.25) is 0 Å². The Balaban J connectivity index is 2.74. The molecule has 3 heteroatoms. The molecule has 2 nitrogen and oxygen atoms in total. The number of aromatic nitrogens is 2. The molecule has 1 aromatic heterocycles. The van der Waals surface area contributed by atoms with Gasteiger partial charge < -0.3 is 4.57 Å². The number of hydrogen-bond acceptors (Lipinski definition) is 1. The van der Waals surface area contributed by atoms with Gasteiger partial charge >= 0.3 is 0 Å². The summed E-state index contributed by atoms with van der Waals surface area (Å²) in [5.74, 6) is 1.51. The quantitative estimate of drug-likeness (QED) is 0.598. The Kier molecular flexibility index (Phi) is 2.51. The molecule has 0 aliphatic heterocycles. The third kappa shape index (κ3) is 1.61. The fraction of sp³-hybridized carbons (Fsp3) is 0.286. The Bertz CT molecular complexity index is 227. The molecule has 1 rings (SSSR count). The normalized spacial score (nSPS) is 11.0. The van der Waals surface area contributed by atoms with Crippen LogP contribution in [0.5, 0.6) is 0 Å². The number of imidazole rings is 1. The monoisotopic (exact) mass is 156 g/mol. The number of halogens is 1. The van der Waals surface area contributed by atoms with E-state index in [2.05, 4.69) is 4.98 Å². The molecule has 0 bridgehead atoms. The molecule has 0 spiro atoms. The number of aryl methyl sites for hydroxylation is 1. The van der Waals surface area contributed by atoms with E-state index in [1.807, 2.05) is 30.0 Å². The standard InChI is InChI=1S/C7H9ClN2/c1-7-9-4-6-10(7)5-2-3-8/h2,4-6H,3H2,1H3. The van der Waals surface area contributed by atoms with Gasteiger partial charge in [-0.05, 0) is 6.92 Å². The maximum absolute atomic E-state index is 5.45. The highest BCUT2D eigenvalue weighted by atomic mass is 35.5. The van der Waals surface area contributed by atoms with Crippen molar-refractivity contribution in [3.8, 4) is 0 Å². The van der Waals surface area contributed by atoms with Crippen LogP contribution in [0.15, 0.2) is 18.5 Å². The van der Waals surface area contributed by atoms with Crippen LogP contribution in [0.3, 0.4) is 0 Å². The van der Waals surface area contributed by atoms with Gasteiger partial charge in [-0.15, -0.1) is 11.6 Å². The van der Waals surface area contributed by atoms with Crippen molar-refractivity contribution in [2.24, 2.45) is 0 Å². The van der Waals surface area contributed by atoms with Gasteiger partial charge in [-0.2, -0.15) is 0 Å². The molecule has 0 fully saturated rings. The lowest BCUT2D eigenvalue weighted by molar-refractivity contribution is 1.03. The minimum absolute atomic E-state index is 0.539. The molecule has 54 valence electrons. The van der Waals surface area contributed by atoms with E-state index >= 15 is 0 Å². The summed E-state index contributed by atoms with van der Waals surface area (Å²) < 4.78 is 1.92. The van der Waals surface area contributed by atoms with Crippen molar-refractivity contribution in [2.45, 2.75) is 6.92 Å². The van der Waals surface area contributed by atoms with E-state index in [0.29, 0.717) is 5.88 Å². The van der Waals surface area contributed by atoms with Crippen molar-refractivity contribution < 1.29 is 0 Å². The molecule has 0 N–H and O–H groups in total. The summed E-state index contributed by atoms with van der Waals surface area (Å²) in [6, 6.07) is 0. The van der Waals surface area contributed by atoms with Crippen molar-refractivity contribution in [1.82, 2.24) is 9.55 Å². The smallest absolute Gasteiger partial charge is 0.109 e. The van der Waals surface area contributed by atoms with Crippen LogP contribution in [0.4, 0.5) is 0 Å². The zero-order chi connectivity index (χ0) is 7.40. The molecule has 0 saturated heterocycles. The maximum atomic E-state index is 5.45. The second-order valence-corrected chi connectivity index (χ2v) is 2.23. The van der Waals surface area contributed by atoms with Crippen molar-refractivity contribution >= 4 is 17.8 Å². The minimum Gasteiger partial charge on any atom is -0.311 e. The fourth-order valence-electron chi connectivity index (χ4n) is 0.699. The summed E-state index contributed by atoms with van der Waals surface area (Å²) >= 11 is 5.45. The Morgan fingerprint density at radius 3 is 3.10 bits per heavy atom. The summed E-state index contributed by atoms with van der Waals surface area (Å²) in [5.41, 5.74) is 0. The molecule has 0 radical (unpaired) electrons. The molecule has 0 atom stereocenters. The first-order valence-corrected chi connectivity index (χ1v) is 3.60. The average Bonchev–Trinajstić information content (AvgIpc) is 2.31. The minimum atomic E-state index is 0.539. The highest BCUT2D eigenvalue weighted by Crippen LogP contribution is 1.95. The van der Waals surface area contributed by atoms with Gasteiger partial charge in [-0.1, -0.05) is 6.08 Å². The van der Waals surface area contributed by atoms with Crippen LogP contribution in [0.2, 0.25) is 0 Å². The zero-order valence-electron chi connectivity index (χ0n) is 5.79. The molecule has 0 amide bonds. The Labute approximate surface area is 65.1 Å². The van der Waals surface area contributed by atoms with Crippen LogP contribution >= 0.6 is 11.6 Å². The third-order valence-electron chi connectivity index (χ3n) is 1.22. The first-order valence-electron chi connectivity index (χ1n) is 3.06. The van der Waals surface area contributed by atoms with Crippen LogP contribution in [0.1, 0.15) is 5.82 Å². The van der Waals surface area contributed by atoms with Gasteiger partial charge in [0.05, 0.1) is 0 Å². The number of alkyl halides is 1. The molecule has 0 unspecified atom stereocenters. The second kappa shape index (κ2) is 3.42. The zero-order valence-corrected chi connectivity index (χ0v) is 6.54. The molecule has 1 aromatic rings. The topological polar surface area (TPSA) is 17.8 Å². The first-order chi connectivity index (χ1) is 4.84. The van der Waals surface area contributed by atoms with E-state index in [1.165, 1.54) is 0 Å². The van der Waals surface area contributed by atoms with E-state index in [4.69, 9.17) is 11.6 Å². The predicted molar refractivity (Wildman–Crippen MR) is 43.0 cm³/mol. The number of nitrogens with zero attached hydrogens (tertiary/aromatic N) is 2. The number of hydrogen-bond donors (Lipinski definition) is 0. The summed E-state index contributed by atoms with van der Waals surface area (Å²) in [7, 11) is 0. The van der Waals surface area contributed by atoms with Crippen molar-refractivity contribution in [3.63, 3.8) is 0 Å². The lowest BCUT2D eigenvalue weighted by Gasteiger charge is -1.92. The molecule has 0 saturated carbocycles. The van der Waals surface area contributed by atoms with Crippen LogP contribution in [0.25, 0.3) is 6.20 Å². The average molecular weight is 157 g/mol. The SMILES string of the molecule is Cc1nccn1C=CCCl. The van der Waals surface area contributed by atoms with E-state index in [9.17, 15) is 0 Å². The Morgan fingerprint density at radius 1 is 1.80 bits per heavy atom. The number of allylic oxidation sites excluding steroid dienone is 1. The lowest BCUT2D eigenvalue weighted by Crippen LogP contribution is -1.86. The molecule has 10 heavy (non-hydrogen) atoms. The van der Waals surface area contributed by atoms with E-state index in [-0.39, 0.29) is 0 Å². The summed E-state index contributed by atoms with van der Waals surface area (Å²) in [6.07, 6.45) is 7.41. The highest BCUT2D eigenvalue weighted by molar-refractivity contribution is 6.19. The number of rotatable bonds is 2. The van der Waals surface area contributed by atoms with Crippen LogP contribution < -0.4 is 0 Å². The Morgan fingerprint density at radius 2 is 2.60 bits per heavy atom. The van der Waals surface area contributed by atoms with Crippen LogP contribution in [-0.2, 0) is 0 Å². The van der Waals surface area contributed by atoms with Crippen LogP contribution in [-0.4, -0.2) is 15.4 Å². The molecule has 1 heterocycles. The van der Waals surface area contributed by atoms with E-state index in [1.54, 1.807) is 6.20 Å². The first kappa shape index (κ1) is 7.35. The van der Waals surface area contributed by atoms with E-state index < -0.39 is 0 Å². The predicted octanol–water partition coefficient (Wildman–Crippen LogP) is 1.90. The molecular weight excluding hydrogens is 148 g/mol. The summed E-state index contributed by atoms with van der Waals surface area (Å²) in [5, 5.41) is 0. The fourth-order valence-corrected chi connectivity index (χ4v) is 0.778. The van der Waals surface area contributed by atoms with Gasteiger partial charge in [0.2, 0.25) is 0 Å². The van der Waals surface area contributed by atoms with Crippen molar-refractivity contribution in [3.05, 3.63) is 24.3 Å². The maximum Gasteiger partial charge on any atom is 0.109 e. The summed E-state index contributed by atoms with van der Waals surface area (Å²) in [6.45, 7) is 1.94. The Hall–Kier alpha value is -0.760. The third-order valence-corrected chi connectivity index (χ3v) is 1.40. The highest BCUT2D eigenvalue weighted by Gasteiger charge is 1.88. The molecular formula is C7H9ClN2. The molecule has 0 aromatic carbocycles. The van der Waals surface area contributed by atoms with Gasteiger partial charge in [0.25, 0.3) is 0 Å². The van der Waals surface area contributed by atoms with Crippen LogP contribution in [0, 0.1) is 6.92 Å². The van der Waals surface area contributed by atoms with Gasteiger partial charge in [-0.25, -0.2) is 4.98 Å². The largest absolute Gasteiger partial charge is 0.311 e. The van der Waals surface area contributed by atoms with Gasteiger partial charge in [0.15, 0.2) is 0 Å². The lowest BCUT2D eigenvalue weighted by atomic mass is 10.6. The van der Waals surface area contributed by atoms with Gasteiger partial charge in [0.1, 0.15) is 5.82 Å². The van der Waals surface area contributed by atoms with E-state index in [0.717, 1.165) is 5.82 Å². The molecule has 0 aliphatic rings. The summed E-state index contributed by atoms with van der Waals surface area (Å²) in [4.78, 5) is 4.04.